The number of amides is 1. The second-order valence-electron chi connectivity index (χ2n) is 7.44. The zero-order valence-corrected chi connectivity index (χ0v) is 19.8. The third kappa shape index (κ3) is 6.34. The number of thioether (sulfide) groups is 1. The van der Waals surface area contributed by atoms with Crippen molar-refractivity contribution >= 4 is 33.4 Å². The Balaban J connectivity index is 1.73. The Kier molecular flexibility index (Phi) is 8.30. The number of nitrogens with zero attached hydrogens (tertiary/aromatic N) is 2. The van der Waals surface area contributed by atoms with E-state index in [0.717, 1.165) is 14.9 Å². The lowest BCUT2D eigenvalue weighted by molar-refractivity contribution is -0.119. The molecule has 0 radical (unpaired) electrons. The first-order chi connectivity index (χ1) is 15.4. The molecule has 0 aliphatic rings. The molecule has 8 heteroatoms. The number of carbonyl (C=O) groups is 1. The summed E-state index contributed by atoms with van der Waals surface area (Å²) in [4.78, 5) is 17.0. The molecule has 0 spiro atoms. The van der Waals surface area contributed by atoms with Crippen LogP contribution in [0.15, 0.2) is 88.9 Å². The molecule has 1 heterocycles. The lowest BCUT2D eigenvalue weighted by Gasteiger charge is -2.24. The number of anilines is 1. The largest absolute Gasteiger partial charge is 0.354 e. The van der Waals surface area contributed by atoms with Gasteiger partial charge in [-0.05, 0) is 47.9 Å². The van der Waals surface area contributed by atoms with Gasteiger partial charge in [-0.2, -0.15) is 0 Å². The number of rotatable bonds is 10. The van der Waals surface area contributed by atoms with Crippen LogP contribution in [0.4, 0.5) is 5.69 Å². The van der Waals surface area contributed by atoms with Crippen LogP contribution in [0, 0.1) is 0 Å². The SMILES string of the molecule is CC(C)c1ccc(N(CC(=O)NCCSc2ccccn2)S(=O)(=O)c2ccccc2)cc1. The average Bonchev–Trinajstić information content (AvgIpc) is 2.81. The van der Waals surface area contributed by atoms with Gasteiger partial charge in [0.25, 0.3) is 10.0 Å². The Morgan fingerprint density at radius 3 is 2.31 bits per heavy atom. The van der Waals surface area contributed by atoms with Crippen molar-refractivity contribution in [2.24, 2.45) is 0 Å². The molecular weight excluding hydrogens is 442 g/mol. The topological polar surface area (TPSA) is 79.4 Å². The summed E-state index contributed by atoms with van der Waals surface area (Å²) in [5.41, 5.74) is 1.55. The highest BCUT2D eigenvalue weighted by Crippen LogP contribution is 2.25. The maximum Gasteiger partial charge on any atom is 0.264 e. The Hall–Kier alpha value is -2.84. The highest BCUT2D eigenvalue weighted by molar-refractivity contribution is 7.99. The third-order valence-corrected chi connectivity index (χ3v) is 7.51. The number of carbonyl (C=O) groups excluding carboxylic acids is 1. The van der Waals surface area contributed by atoms with Crippen LogP contribution in [-0.4, -0.2) is 38.2 Å². The van der Waals surface area contributed by atoms with Crippen LogP contribution in [0.1, 0.15) is 25.3 Å². The van der Waals surface area contributed by atoms with E-state index in [0.29, 0.717) is 23.9 Å². The molecule has 0 unspecified atom stereocenters. The Morgan fingerprint density at radius 1 is 1.00 bits per heavy atom. The van der Waals surface area contributed by atoms with Crippen molar-refractivity contribution in [3.63, 3.8) is 0 Å². The molecule has 0 atom stereocenters. The van der Waals surface area contributed by atoms with Crippen LogP contribution in [-0.2, 0) is 14.8 Å². The van der Waals surface area contributed by atoms with Crippen molar-refractivity contribution in [3.8, 4) is 0 Å². The van der Waals surface area contributed by atoms with Crippen molar-refractivity contribution in [1.29, 1.82) is 0 Å². The molecule has 6 nitrogen and oxygen atoms in total. The molecule has 0 saturated heterocycles. The van der Waals surface area contributed by atoms with Crippen LogP contribution in [0.5, 0.6) is 0 Å². The number of sulfonamides is 1. The number of benzene rings is 2. The van der Waals surface area contributed by atoms with Gasteiger partial charge in [-0.3, -0.25) is 9.10 Å². The first-order valence-electron chi connectivity index (χ1n) is 10.4. The van der Waals surface area contributed by atoms with Gasteiger partial charge in [-0.25, -0.2) is 13.4 Å². The van der Waals surface area contributed by atoms with E-state index < -0.39 is 10.0 Å². The quantitative estimate of drug-likeness (QED) is 0.354. The van der Waals surface area contributed by atoms with Crippen molar-refractivity contribution in [3.05, 3.63) is 84.6 Å². The monoisotopic (exact) mass is 469 g/mol. The highest BCUT2D eigenvalue weighted by Gasteiger charge is 2.27. The lowest BCUT2D eigenvalue weighted by atomic mass is 10.0. The number of hydrogen-bond donors (Lipinski definition) is 1. The van der Waals surface area contributed by atoms with Gasteiger partial charge < -0.3 is 5.32 Å². The summed E-state index contributed by atoms with van der Waals surface area (Å²) in [6, 6.07) is 21.1. The van der Waals surface area contributed by atoms with Gasteiger partial charge in [0.15, 0.2) is 0 Å². The molecule has 168 valence electrons. The molecule has 1 amide bonds. The van der Waals surface area contributed by atoms with Gasteiger partial charge in [0.1, 0.15) is 6.54 Å². The summed E-state index contributed by atoms with van der Waals surface area (Å²) in [5.74, 6) is 0.597. The maximum atomic E-state index is 13.3. The highest BCUT2D eigenvalue weighted by atomic mass is 32.2. The first-order valence-corrected chi connectivity index (χ1v) is 12.8. The second kappa shape index (κ2) is 11.2. The second-order valence-corrected chi connectivity index (χ2v) is 10.4. The van der Waals surface area contributed by atoms with E-state index in [1.165, 1.54) is 23.9 Å². The van der Waals surface area contributed by atoms with Crippen molar-refractivity contribution in [2.75, 3.05) is 23.1 Å². The predicted molar refractivity (Wildman–Crippen MR) is 129 cm³/mol. The number of hydrogen-bond acceptors (Lipinski definition) is 5. The minimum atomic E-state index is -3.90. The number of pyridine rings is 1. The van der Waals surface area contributed by atoms with Crippen molar-refractivity contribution in [2.45, 2.75) is 29.7 Å². The van der Waals surface area contributed by atoms with E-state index in [4.69, 9.17) is 0 Å². The molecule has 3 aromatic rings. The van der Waals surface area contributed by atoms with Crippen LogP contribution in [0.25, 0.3) is 0 Å². The number of nitrogens with one attached hydrogen (secondary N) is 1. The summed E-state index contributed by atoms with van der Waals surface area (Å²) < 4.78 is 27.8. The fraction of sp³-hybridized carbons (Fsp3) is 0.250. The third-order valence-electron chi connectivity index (χ3n) is 4.78. The molecular formula is C24H27N3O3S2. The summed E-state index contributed by atoms with van der Waals surface area (Å²) in [7, 11) is -3.90. The summed E-state index contributed by atoms with van der Waals surface area (Å²) in [6.07, 6.45) is 1.72. The van der Waals surface area contributed by atoms with E-state index in [9.17, 15) is 13.2 Å². The van der Waals surface area contributed by atoms with Gasteiger partial charge in [-0.15, -0.1) is 11.8 Å². The van der Waals surface area contributed by atoms with Crippen LogP contribution in [0.3, 0.4) is 0 Å². The number of aromatic nitrogens is 1. The molecule has 1 N–H and O–H groups in total. The molecule has 0 saturated carbocycles. The normalized spacial score (nSPS) is 11.3. The molecule has 1 aromatic heterocycles. The lowest BCUT2D eigenvalue weighted by Crippen LogP contribution is -2.41. The van der Waals surface area contributed by atoms with Crippen LogP contribution < -0.4 is 9.62 Å². The van der Waals surface area contributed by atoms with Crippen molar-refractivity contribution in [1.82, 2.24) is 10.3 Å². The smallest absolute Gasteiger partial charge is 0.264 e. The van der Waals surface area contributed by atoms with E-state index in [1.807, 2.05) is 30.3 Å². The van der Waals surface area contributed by atoms with Gasteiger partial charge in [-0.1, -0.05) is 50.2 Å². The fourth-order valence-corrected chi connectivity index (χ4v) is 5.19. The van der Waals surface area contributed by atoms with Gasteiger partial charge in [0, 0.05) is 18.5 Å². The van der Waals surface area contributed by atoms with Crippen LogP contribution >= 0.6 is 11.8 Å². The zero-order valence-electron chi connectivity index (χ0n) is 18.1. The zero-order chi connectivity index (χ0) is 23.0. The summed E-state index contributed by atoms with van der Waals surface area (Å²) >= 11 is 1.53. The first kappa shape index (κ1) is 23.8. The van der Waals surface area contributed by atoms with Gasteiger partial charge in [0.2, 0.25) is 5.91 Å². The van der Waals surface area contributed by atoms with E-state index in [2.05, 4.69) is 24.1 Å². The summed E-state index contributed by atoms with van der Waals surface area (Å²) in [5, 5.41) is 3.69. The molecule has 0 bridgehead atoms. The summed E-state index contributed by atoms with van der Waals surface area (Å²) in [6.45, 7) is 4.26. The maximum absolute atomic E-state index is 13.3. The van der Waals surface area contributed by atoms with Gasteiger partial charge in [0.05, 0.1) is 15.6 Å². The molecule has 3 rings (SSSR count). The standard InChI is InChI=1S/C24H27N3O3S2/c1-19(2)20-11-13-21(14-12-20)27(32(29,30)22-8-4-3-5-9-22)18-23(28)25-16-17-31-24-10-6-7-15-26-24/h3-15,19H,16-18H2,1-2H3,(H,25,28). The Labute approximate surface area is 194 Å². The van der Waals surface area contributed by atoms with Crippen LogP contribution in [0.2, 0.25) is 0 Å². The van der Waals surface area contributed by atoms with E-state index in [-0.39, 0.29) is 17.3 Å². The van der Waals surface area contributed by atoms with Gasteiger partial charge >= 0.3 is 0 Å². The minimum Gasteiger partial charge on any atom is -0.354 e. The fourth-order valence-electron chi connectivity index (χ4n) is 3.03. The molecule has 0 aliphatic heterocycles. The minimum absolute atomic E-state index is 0.145. The Morgan fingerprint density at radius 2 is 1.69 bits per heavy atom. The predicted octanol–water partition coefficient (Wildman–Crippen LogP) is 4.31. The molecule has 32 heavy (non-hydrogen) atoms. The van der Waals surface area contributed by atoms with Crippen molar-refractivity contribution < 1.29 is 13.2 Å². The molecule has 0 fully saturated rings. The van der Waals surface area contributed by atoms with E-state index >= 15 is 0 Å². The van der Waals surface area contributed by atoms with E-state index in [1.54, 1.807) is 36.5 Å². The Bertz CT molecular complexity index is 1100. The molecule has 2 aromatic carbocycles. The molecule has 0 aliphatic carbocycles. The average molecular weight is 470 g/mol.